The normalized spacial score (nSPS) is 40.1. The number of carbonyl (C=O) groups excluding carboxylic acids is 1. The molecule has 0 spiro atoms. The van der Waals surface area contributed by atoms with Gasteiger partial charge >= 0.3 is 0 Å². The molecule has 0 amide bonds. The van der Waals surface area contributed by atoms with Crippen LogP contribution >= 0.6 is 0 Å². The van der Waals surface area contributed by atoms with E-state index >= 15 is 0 Å². The van der Waals surface area contributed by atoms with Crippen LogP contribution in [0.5, 0.6) is 0 Å². The molecule has 3 saturated carbocycles. The number of rotatable bonds is 5. The highest BCUT2D eigenvalue weighted by molar-refractivity contribution is 5.91. The van der Waals surface area contributed by atoms with Crippen molar-refractivity contribution in [3.63, 3.8) is 0 Å². The molecule has 2 heterocycles. The van der Waals surface area contributed by atoms with E-state index in [4.69, 9.17) is 15.2 Å². The van der Waals surface area contributed by atoms with Crippen LogP contribution in [0.4, 0.5) is 5.82 Å². The number of aliphatic hydroxyl groups is 2. The molecule has 7 rings (SSSR count). The smallest absolute Gasteiger partial charge is 0.193 e. The Labute approximate surface area is 247 Å². The minimum absolute atomic E-state index is 0.0413. The van der Waals surface area contributed by atoms with Crippen molar-refractivity contribution in [1.29, 1.82) is 0 Å². The largest absolute Gasteiger partial charge is 0.393 e. The number of nitrogen functional groups attached to an aromatic ring is 1. The number of aromatic nitrogens is 1. The van der Waals surface area contributed by atoms with Crippen molar-refractivity contribution in [2.75, 3.05) is 12.3 Å². The summed E-state index contributed by atoms with van der Waals surface area (Å²) < 4.78 is 13.3. The summed E-state index contributed by atoms with van der Waals surface area (Å²) in [5.74, 6) is 0.517. The summed E-state index contributed by atoms with van der Waals surface area (Å²) in [6.07, 6.45) is 10.1. The van der Waals surface area contributed by atoms with Crippen LogP contribution in [0.1, 0.15) is 62.5 Å². The summed E-state index contributed by atoms with van der Waals surface area (Å²) in [4.78, 5) is 17.9. The Bertz CT molecular complexity index is 1480. The highest BCUT2D eigenvalue weighted by atomic mass is 16.7. The molecule has 4 fully saturated rings. The zero-order valence-electron chi connectivity index (χ0n) is 24.3. The fourth-order valence-electron chi connectivity index (χ4n) is 9.48. The average molecular weight is 569 g/mol. The average Bonchev–Trinajstić information content (AvgIpc) is 3.47. The number of fused-ring (bicyclic) bond motifs is 7. The van der Waals surface area contributed by atoms with E-state index in [0.717, 1.165) is 41.5 Å². The minimum atomic E-state index is -1.31. The Morgan fingerprint density at radius 3 is 2.64 bits per heavy atom. The molecule has 1 aromatic carbocycles. The SMILES string of the molecule is C=C1C=C[C@@]2(C)C(=C1)CC[C@@H]1[C@@H]2[C@@H](O)C[C@@]2(C)[C@H]1C[C@H]1O[C@@H](c3ccc(Cc4ccc(N)nc4)cc3)O[C@]12C(=O)CO. The number of ether oxygens (including phenoxy) is 2. The third kappa shape index (κ3) is 3.87. The number of hydrogen-bond acceptors (Lipinski definition) is 7. The van der Waals surface area contributed by atoms with Crippen LogP contribution in [0.25, 0.3) is 0 Å². The molecule has 9 atom stereocenters. The number of ketones is 1. The van der Waals surface area contributed by atoms with Gasteiger partial charge in [0.1, 0.15) is 12.4 Å². The number of allylic oxidation sites excluding steroid dienone is 5. The first kappa shape index (κ1) is 27.7. The summed E-state index contributed by atoms with van der Waals surface area (Å²) in [5, 5.41) is 22.1. The van der Waals surface area contributed by atoms with E-state index in [-0.39, 0.29) is 29.0 Å². The number of hydrogen-bond donors (Lipinski definition) is 3. The van der Waals surface area contributed by atoms with Gasteiger partial charge in [0.15, 0.2) is 17.7 Å². The van der Waals surface area contributed by atoms with Crippen LogP contribution in [-0.4, -0.2) is 45.4 Å². The standard InChI is InChI=1S/C35H40N2O5/c1-20-12-13-33(2)24(14-20)9-10-25-26-16-29-35(28(40)19-38,34(26,3)17-27(39)31(25)33)42-32(41-29)23-7-4-21(5-8-23)15-22-6-11-30(36)37-18-22/h4-8,11-14,18,25-27,29,31-32,38-39H,1,9-10,15-17,19H2,2-3H3,(H2,36,37)/t25-,26-,27-,29+,31+,32+,33-,34-,35+/m0/s1. The first-order valence-electron chi connectivity index (χ1n) is 15.1. The number of carbonyl (C=O) groups is 1. The Balaban J connectivity index is 1.17. The van der Waals surface area contributed by atoms with Crippen LogP contribution in [-0.2, 0) is 20.7 Å². The van der Waals surface area contributed by atoms with Crippen molar-refractivity contribution in [3.8, 4) is 0 Å². The molecule has 0 radical (unpaired) electrons. The van der Waals surface area contributed by atoms with Crippen LogP contribution in [0.3, 0.4) is 0 Å². The summed E-state index contributed by atoms with van der Waals surface area (Å²) in [7, 11) is 0. The lowest BCUT2D eigenvalue weighted by atomic mass is 9.46. The summed E-state index contributed by atoms with van der Waals surface area (Å²) >= 11 is 0. The van der Waals surface area contributed by atoms with E-state index in [1.165, 1.54) is 5.57 Å². The van der Waals surface area contributed by atoms with Gasteiger partial charge in [-0.25, -0.2) is 4.98 Å². The van der Waals surface area contributed by atoms with E-state index in [1.54, 1.807) is 12.3 Å². The molecule has 0 bridgehead atoms. The van der Waals surface area contributed by atoms with Gasteiger partial charge in [0.2, 0.25) is 0 Å². The van der Waals surface area contributed by atoms with Gasteiger partial charge in [-0.05, 0) is 66.7 Å². The van der Waals surface area contributed by atoms with E-state index in [2.05, 4.69) is 43.6 Å². The zero-order chi connectivity index (χ0) is 29.4. The summed E-state index contributed by atoms with van der Waals surface area (Å²) in [5.41, 5.74) is 8.82. The molecule has 7 heteroatoms. The maximum absolute atomic E-state index is 13.7. The predicted molar refractivity (Wildman–Crippen MR) is 159 cm³/mol. The quantitative estimate of drug-likeness (QED) is 0.473. The Morgan fingerprint density at radius 1 is 1.17 bits per heavy atom. The Morgan fingerprint density at radius 2 is 1.93 bits per heavy atom. The molecule has 7 nitrogen and oxygen atoms in total. The van der Waals surface area contributed by atoms with Gasteiger partial charge in [0.05, 0.1) is 12.2 Å². The second-order valence-electron chi connectivity index (χ2n) is 13.5. The monoisotopic (exact) mass is 568 g/mol. The van der Waals surface area contributed by atoms with Crippen molar-refractivity contribution in [2.24, 2.45) is 28.6 Å². The molecule has 1 aromatic heterocycles. The molecule has 4 aliphatic carbocycles. The second-order valence-corrected chi connectivity index (χ2v) is 13.5. The van der Waals surface area contributed by atoms with Gasteiger partial charge < -0.3 is 25.4 Å². The number of nitrogens with two attached hydrogens (primary N) is 1. The molecule has 220 valence electrons. The van der Waals surface area contributed by atoms with E-state index in [0.29, 0.717) is 18.7 Å². The lowest BCUT2D eigenvalue weighted by molar-refractivity contribution is -0.201. The van der Waals surface area contributed by atoms with Gasteiger partial charge in [0.25, 0.3) is 0 Å². The van der Waals surface area contributed by atoms with Crippen LogP contribution < -0.4 is 5.73 Å². The maximum atomic E-state index is 13.7. The van der Waals surface area contributed by atoms with Gasteiger partial charge in [-0.2, -0.15) is 0 Å². The van der Waals surface area contributed by atoms with E-state index in [9.17, 15) is 15.0 Å². The molecular weight excluding hydrogens is 528 g/mol. The highest BCUT2D eigenvalue weighted by Gasteiger charge is 2.75. The van der Waals surface area contributed by atoms with Gasteiger partial charge in [-0.3, -0.25) is 4.79 Å². The zero-order valence-corrected chi connectivity index (χ0v) is 24.3. The van der Waals surface area contributed by atoms with E-state index < -0.39 is 36.1 Å². The number of Topliss-reactive ketones (excluding diaryl/α,β-unsaturated/α-hetero) is 1. The van der Waals surface area contributed by atoms with Crippen molar-refractivity contribution in [1.82, 2.24) is 4.98 Å². The molecule has 5 aliphatic rings. The number of pyridine rings is 1. The number of anilines is 1. The molecule has 4 N–H and O–H groups in total. The van der Waals surface area contributed by atoms with Gasteiger partial charge in [-0.1, -0.05) is 74.6 Å². The lowest BCUT2D eigenvalue weighted by Gasteiger charge is -2.59. The first-order chi connectivity index (χ1) is 20.1. The highest BCUT2D eigenvalue weighted by Crippen LogP contribution is 2.70. The van der Waals surface area contributed by atoms with Crippen molar-refractivity contribution in [3.05, 3.63) is 95.2 Å². The first-order valence-corrected chi connectivity index (χ1v) is 15.1. The fourth-order valence-corrected chi connectivity index (χ4v) is 9.48. The molecule has 2 aromatic rings. The predicted octanol–water partition coefficient (Wildman–Crippen LogP) is 4.84. The number of aliphatic hydroxyl groups excluding tert-OH is 2. The van der Waals surface area contributed by atoms with E-state index in [1.807, 2.05) is 30.3 Å². The molecule has 42 heavy (non-hydrogen) atoms. The molecule has 0 unspecified atom stereocenters. The van der Waals surface area contributed by atoms with Crippen LogP contribution in [0.15, 0.2) is 78.5 Å². The van der Waals surface area contributed by atoms with Crippen molar-refractivity contribution in [2.45, 2.75) is 70.1 Å². The molecule has 1 aliphatic heterocycles. The van der Waals surface area contributed by atoms with Crippen molar-refractivity contribution >= 4 is 11.6 Å². The third-order valence-electron chi connectivity index (χ3n) is 11.4. The fraction of sp³-hybridized carbons (Fsp3) is 0.486. The maximum Gasteiger partial charge on any atom is 0.193 e. The molecule has 1 saturated heterocycles. The number of benzene rings is 1. The minimum Gasteiger partial charge on any atom is -0.393 e. The summed E-state index contributed by atoms with van der Waals surface area (Å²) in [6, 6.07) is 11.8. The number of nitrogens with zero attached hydrogens (tertiary/aromatic N) is 1. The van der Waals surface area contributed by atoms with Gasteiger partial charge in [0, 0.05) is 28.5 Å². The molecular formula is C35H40N2O5. The Kier molecular flexibility index (Phi) is 6.41. The van der Waals surface area contributed by atoms with Crippen molar-refractivity contribution < 1.29 is 24.5 Å². The van der Waals surface area contributed by atoms with Crippen LogP contribution in [0.2, 0.25) is 0 Å². The summed E-state index contributed by atoms with van der Waals surface area (Å²) in [6.45, 7) is 7.84. The second kappa shape index (κ2) is 9.71. The lowest BCUT2D eigenvalue weighted by Crippen LogP contribution is -2.63. The van der Waals surface area contributed by atoms with Gasteiger partial charge in [-0.15, -0.1) is 0 Å². The Hall–Kier alpha value is -3.10. The third-order valence-corrected chi connectivity index (χ3v) is 11.4. The van der Waals surface area contributed by atoms with Crippen LogP contribution in [0, 0.1) is 28.6 Å². The topological polar surface area (TPSA) is 115 Å².